The summed E-state index contributed by atoms with van der Waals surface area (Å²) in [5.74, 6) is -0.679. The van der Waals surface area contributed by atoms with E-state index in [1.165, 1.54) is 6.92 Å². The van der Waals surface area contributed by atoms with Gasteiger partial charge in [-0.1, -0.05) is 30.3 Å². The lowest BCUT2D eigenvalue weighted by Crippen LogP contribution is -2.50. The fraction of sp³-hybridized carbons (Fsp3) is 0.606. The van der Waals surface area contributed by atoms with E-state index in [1.807, 2.05) is 30.3 Å². The molecule has 0 bridgehead atoms. The zero-order valence-corrected chi connectivity index (χ0v) is 24.4. The van der Waals surface area contributed by atoms with Crippen LogP contribution in [-0.2, 0) is 27.4 Å². The first-order valence-electron chi connectivity index (χ1n) is 15.3. The van der Waals surface area contributed by atoms with Crippen LogP contribution in [0.1, 0.15) is 86.5 Å². The molecule has 3 aliphatic rings. The number of hydrogen-bond acceptors (Lipinski definition) is 3. The number of hydrogen-bond donors (Lipinski definition) is 1. The zero-order chi connectivity index (χ0) is 30.8. The molecule has 2 heterocycles. The van der Waals surface area contributed by atoms with Gasteiger partial charge in [0.05, 0.1) is 22.6 Å². The van der Waals surface area contributed by atoms with Gasteiger partial charge in [0.2, 0.25) is 5.91 Å². The van der Waals surface area contributed by atoms with Crippen LogP contribution in [0.2, 0.25) is 0 Å². The first-order chi connectivity index (χ1) is 20.4. The normalized spacial score (nSPS) is 25.8. The molecule has 0 aromatic heterocycles. The van der Waals surface area contributed by atoms with Gasteiger partial charge in [0.15, 0.2) is 0 Å². The molecule has 0 radical (unpaired) electrons. The van der Waals surface area contributed by atoms with E-state index in [0.29, 0.717) is 42.9 Å². The monoisotopic (exact) mass is 610 g/mol. The van der Waals surface area contributed by atoms with Crippen molar-refractivity contribution >= 4 is 5.91 Å². The molecule has 2 aliphatic heterocycles. The highest BCUT2D eigenvalue weighted by Crippen LogP contribution is 2.45. The Kier molecular flexibility index (Phi) is 9.47. The third-order valence-electron chi connectivity index (χ3n) is 10.0. The number of carbonyl (C=O) groups is 1. The number of alkyl halides is 6. The Labute approximate surface area is 249 Å². The summed E-state index contributed by atoms with van der Waals surface area (Å²) >= 11 is 0. The standard InChI is InChI=1S/C33H40F6N2O2/c1-22(25-19-27(32(34,35)36)21-28(20-25)33(37,38)39)30(42)40-31(26-5-3-2-4-6-26)13-7-23(8-14-31)24-9-15-41(16-10-24)29-11-17-43-18-12-29/h2-6,19-24,29H,7-18H2,1H3,(H,40,42)/t22-,23?,31?/m0/s1. The number of likely N-dealkylation sites (tertiary alicyclic amines) is 1. The molecule has 1 N–H and O–H groups in total. The van der Waals surface area contributed by atoms with Crippen LogP contribution in [0, 0.1) is 11.8 Å². The zero-order valence-electron chi connectivity index (χ0n) is 24.4. The number of rotatable bonds is 6. The Balaban J connectivity index is 1.30. The molecule has 2 saturated heterocycles. The summed E-state index contributed by atoms with van der Waals surface area (Å²) in [4.78, 5) is 16.2. The summed E-state index contributed by atoms with van der Waals surface area (Å²) in [5, 5.41) is 3.12. The maximum absolute atomic E-state index is 13.6. The van der Waals surface area contributed by atoms with Crippen molar-refractivity contribution < 1.29 is 35.9 Å². The van der Waals surface area contributed by atoms with Crippen LogP contribution in [0.4, 0.5) is 26.3 Å². The molecule has 2 aromatic rings. The molecule has 3 fully saturated rings. The lowest BCUT2D eigenvalue weighted by Gasteiger charge is -2.46. The Morgan fingerprint density at radius 3 is 1.91 bits per heavy atom. The van der Waals surface area contributed by atoms with E-state index >= 15 is 0 Å². The van der Waals surface area contributed by atoms with Crippen LogP contribution < -0.4 is 5.32 Å². The number of nitrogens with one attached hydrogen (secondary N) is 1. The SMILES string of the molecule is C[C@H](C(=O)NC1(c2ccccc2)CCC(C2CCN(C3CCOCC3)CC2)CC1)c1cc(C(F)(F)F)cc(C(F)(F)F)c1. The predicted molar refractivity (Wildman–Crippen MR) is 151 cm³/mol. The lowest BCUT2D eigenvalue weighted by molar-refractivity contribution is -0.143. The van der Waals surface area contributed by atoms with Crippen molar-refractivity contribution in [3.8, 4) is 0 Å². The van der Waals surface area contributed by atoms with E-state index in [4.69, 9.17) is 4.74 Å². The molecule has 4 nitrogen and oxygen atoms in total. The van der Waals surface area contributed by atoms with Gasteiger partial charge < -0.3 is 15.0 Å². The van der Waals surface area contributed by atoms with Crippen molar-refractivity contribution in [2.24, 2.45) is 11.8 Å². The summed E-state index contributed by atoms with van der Waals surface area (Å²) in [5.41, 5.74) is -2.98. The molecule has 10 heteroatoms. The fourth-order valence-corrected chi connectivity index (χ4v) is 7.38. The Morgan fingerprint density at radius 1 is 0.837 bits per heavy atom. The fourth-order valence-electron chi connectivity index (χ4n) is 7.38. The number of benzene rings is 2. The molecule has 2 aromatic carbocycles. The highest BCUT2D eigenvalue weighted by Gasteiger charge is 2.42. The quantitative estimate of drug-likeness (QED) is 0.338. The topological polar surface area (TPSA) is 41.6 Å². The first kappa shape index (κ1) is 31.8. The smallest absolute Gasteiger partial charge is 0.381 e. The number of piperidine rings is 1. The van der Waals surface area contributed by atoms with Crippen molar-refractivity contribution in [1.82, 2.24) is 10.2 Å². The van der Waals surface area contributed by atoms with Crippen molar-refractivity contribution in [1.29, 1.82) is 0 Å². The average molecular weight is 611 g/mol. The van der Waals surface area contributed by atoms with E-state index in [0.717, 1.165) is 70.4 Å². The average Bonchev–Trinajstić information content (AvgIpc) is 3.01. The molecule has 0 unspecified atom stereocenters. The molecule has 1 aliphatic carbocycles. The van der Waals surface area contributed by atoms with Gasteiger partial charge in [-0.25, -0.2) is 0 Å². The second-order valence-electron chi connectivity index (χ2n) is 12.6. The van der Waals surface area contributed by atoms with Crippen LogP contribution >= 0.6 is 0 Å². The van der Waals surface area contributed by atoms with Gasteiger partial charge in [-0.3, -0.25) is 4.79 Å². The van der Waals surface area contributed by atoms with Crippen molar-refractivity contribution in [3.05, 3.63) is 70.8 Å². The van der Waals surface area contributed by atoms with Crippen LogP contribution in [0.5, 0.6) is 0 Å². The van der Waals surface area contributed by atoms with Gasteiger partial charge in [0.25, 0.3) is 0 Å². The van der Waals surface area contributed by atoms with Crippen molar-refractivity contribution in [3.63, 3.8) is 0 Å². The maximum atomic E-state index is 13.6. The summed E-state index contributed by atoms with van der Waals surface area (Å²) in [6.45, 7) is 5.19. The van der Waals surface area contributed by atoms with Gasteiger partial charge in [0, 0.05) is 19.3 Å². The van der Waals surface area contributed by atoms with Crippen LogP contribution in [0.25, 0.3) is 0 Å². The summed E-state index contributed by atoms with van der Waals surface area (Å²) in [7, 11) is 0. The molecule has 43 heavy (non-hydrogen) atoms. The van der Waals surface area contributed by atoms with Gasteiger partial charge >= 0.3 is 12.4 Å². The third kappa shape index (κ3) is 7.39. The third-order valence-corrected chi connectivity index (χ3v) is 10.0. The van der Waals surface area contributed by atoms with E-state index < -0.39 is 40.8 Å². The summed E-state index contributed by atoms with van der Waals surface area (Å²) in [6, 6.07) is 11.5. The van der Waals surface area contributed by atoms with Crippen LogP contribution in [0.3, 0.4) is 0 Å². The minimum absolute atomic E-state index is 0.0922. The summed E-state index contributed by atoms with van der Waals surface area (Å²) < 4.78 is 86.4. The predicted octanol–water partition coefficient (Wildman–Crippen LogP) is 7.92. The molecule has 1 amide bonds. The number of carbonyl (C=O) groups excluding carboxylic acids is 1. The van der Waals surface area contributed by atoms with E-state index in [1.54, 1.807) is 0 Å². The first-order valence-corrected chi connectivity index (χ1v) is 15.3. The second kappa shape index (κ2) is 12.8. The van der Waals surface area contributed by atoms with E-state index in [-0.39, 0.29) is 11.6 Å². The molecule has 1 saturated carbocycles. The summed E-state index contributed by atoms with van der Waals surface area (Å²) in [6.07, 6.45) is -2.38. The van der Waals surface area contributed by atoms with E-state index in [2.05, 4.69) is 10.2 Å². The second-order valence-corrected chi connectivity index (χ2v) is 12.6. The number of ether oxygens (including phenoxy) is 1. The number of halogens is 6. The van der Waals surface area contributed by atoms with Crippen LogP contribution in [-0.4, -0.2) is 43.2 Å². The Hall–Kier alpha value is -2.59. The van der Waals surface area contributed by atoms with Crippen LogP contribution in [0.15, 0.2) is 48.5 Å². The van der Waals surface area contributed by atoms with E-state index in [9.17, 15) is 31.1 Å². The Bertz CT molecular complexity index is 1190. The number of nitrogens with zero attached hydrogens (tertiary/aromatic N) is 1. The Morgan fingerprint density at radius 2 is 1.37 bits per heavy atom. The molecule has 236 valence electrons. The minimum Gasteiger partial charge on any atom is -0.381 e. The molecule has 0 spiro atoms. The van der Waals surface area contributed by atoms with Crippen molar-refractivity contribution in [2.45, 2.75) is 88.1 Å². The highest BCUT2D eigenvalue weighted by atomic mass is 19.4. The molecule has 5 rings (SSSR count). The van der Waals surface area contributed by atoms with Crippen molar-refractivity contribution in [2.75, 3.05) is 26.3 Å². The van der Waals surface area contributed by atoms with Gasteiger partial charge in [-0.05, 0) is 113 Å². The van der Waals surface area contributed by atoms with Gasteiger partial charge in [-0.15, -0.1) is 0 Å². The number of amides is 1. The maximum Gasteiger partial charge on any atom is 0.416 e. The molecular formula is C33H40F6N2O2. The largest absolute Gasteiger partial charge is 0.416 e. The molecular weight excluding hydrogens is 570 g/mol. The van der Waals surface area contributed by atoms with Gasteiger partial charge in [0.1, 0.15) is 0 Å². The van der Waals surface area contributed by atoms with Gasteiger partial charge in [-0.2, -0.15) is 26.3 Å². The molecule has 1 atom stereocenters. The minimum atomic E-state index is -4.98. The highest BCUT2D eigenvalue weighted by molar-refractivity contribution is 5.84. The lowest BCUT2D eigenvalue weighted by atomic mass is 9.67.